The van der Waals surface area contributed by atoms with Crippen LogP contribution in [0.4, 0.5) is 0 Å². The largest absolute Gasteiger partial charge is 0.623 e. The van der Waals surface area contributed by atoms with Crippen LogP contribution in [0, 0.1) is 5.21 Å². The Bertz CT molecular complexity index is 837. The van der Waals surface area contributed by atoms with E-state index in [4.69, 9.17) is 5.11 Å². The number of carboxylic acid groups (broad SMARTS) is 1. The van der Waals surface area contributed by atoms with Crippen LogP contribution in [0.5, 0.6) is 0 Å². The molecule has 1 heterocycles. The number of hydroxylamine groups is 1. The van der Waals surface area contributed by atoms with Gasteiger partial charge in [0.05, 0.1) is 4.88 Å². The summed E-state index contributed by atoms with van der Waals surface area (Å²) in [4.78, 5) is 24.0. The number of hydrogen-bond acceptors (Lipinski definition) is 5. The molecule has 0 aliphatic heterocycles. The van der Waals surface area contributed by atoms with Crippen LogP contribution in [-0.2, 0) is 4.79 Å². The van der Waals surface area contributed by atoms with Gasteiger partial charge in [-0.15, -0.1) is 11.3 Å². The molecule has 2 aromatic rings. The Hall–Kier alpha value is -2.06. The molecule has 1 aromatic heterocycles. The Morgan fingerprint density at radius 3 is 2.68 bits per heavy atom. The standard InChI is InChI=1S/C17H20N2O4S2/c1-17(2,3)19(23)7-14-12-5-4-10(6-11(12)9-25-14)15(20)18-13(8-24)16(21)22/h4-7,9,13,24H,8H2,1-3H3,(H,18,20)(H,21,22)/b19-7-. The number of nitrogens with zero attached hydrogens (tertiary/aromatic N) is 1. The Morgan fingerprint density at radius 1 is 1.44 bits per heavy atom. The van der Waals surface area contributed by atoms with Crippen LogP contribution in [0.15, 0.2) is 23.6 Å². The van der Waals surface area contributed by atoms with Crippen LogP contribution < -0.4 is 5.32 Å². The molecule has 2 N–H and O–H groups in total. The fourth-order valence-electron chi connectivity index (χ4n) is 2.04. The molecule has 0 radical (unpaired) electrons. The number of hydrogen-bond donors (Lipinski definition) is 3. The first-order valence-electron chi connectivity index (χ1n) is 7.60. The number of amides is 1. The molecule has 0 saturated carbocycles. The molecular weight excluding hydrogens is 360 g/mol. The summed E-state index contributed by atoms with van der Waals surface area (Å²) >= 11 is 5.34. The smallest absolute Gasteiger partial charge is 0.327 e. The predicted molar refractivity (Wildman–Crippen MR) is 103 cm³/mol. The number of rotatable bonds is 5. The number of fused-ring (bicyclic) bond motifs is 1. The van der Waals surface area contributed by atoms with Gasteiger partial charge in [-0.1, -0.05) is 6.07 Å². The number of nitrogens with one attached hydrogen (secondary N) is 1. The van der Waals surface area contributed by atoms with Crippen LogP contribution in [0.3, 0.4) is 0 Å². The van der Waals surface area contributed by atoms with Crippen molar-refractivity contribution in [3.63, 3.8) is 0 Å². The molecule has 0 aliphatic carbocycles. The van der Waals surface area contributed by atoms with Crippen molar-refractivity contribution in [1.82, 2.24) is 5.32 Å². The maximum atomic E-state index is 12.2. The van der Waals surface area contributed by atoms with E-state index in [1.807, 2.05) is 26.2 Å². The first-order chi connectivity index (χ1) is 11.6. The van der Waals surface area contributed by atoms with Gasteiger partial charge in [0, 0.05) is 37.5 Å². The first-order valence-corrected chi connectivity index (χ1v) is 9.12. The maximum absolute atomic E-state index is 12.2. The van der Waals surface area contributed by atoms with Crippen LogP contribution in [0.25, 0.3) is 10.8 Å². The summed E-state index contributed by atoms with van der Waals surface area (Å²) in [5.41, 5.74) is -0.172. The van der Waals surface area contributed by atoms with Gasteiger partial charge in [-0.05, 0) is 22.9 Å². The lowest BCUT2D eigenvalue weighted by molar-refractivity contribution is -0.530. The van der Waals surface area contributed by atoms with Crippen molar-refractivity contribution < 1.29 is 19.4 Å². The van der Waals surface area contributed by atoms with E-state index in [1.54, 1.807) is 24.4 Å². The lowest BCUT2D eigenvalue weighted by atomic mass is 10.1. The second-order valence-corrected chi connectivity index (χ2v) is 7.85. The predicted octanol–water partition coefficient (Wildman–Crippen LogP) is 2.74. The quantitative estimate of drug-likeness (QED) is 0.244. The minimum absolute atomic E-state index is 0.00696. The zero-order valence-corrected chi connectivity index (χ0v) is 15.9. The number of carbonyl (C=O) groups is 2. The average molecular weight is 380 g/mol. The maximum Gasteiger partial charge on any atom is 0.327 e. The van der Waals surface area contributed by atoms with E-state index in [0.29, 0.717) is 5.56 Å². The Morgan fingerprint density at radius 2 is 2.12 bits per heavy atom. The highest BCUT2D eigenvalue weighted by Gasteiger charge is 2.21. The van der Waals surface area contributed by atoms with E-state index < -0.39 is 23.5 Å². The Balaban J connectivity index is 2.30. The van der Waals surface area contributed by atoms with Crippen molar-refractivity contribution in [3.05, 3.63) is 39.2 Å². The van der Waals surface area contributed by atoms with Crippen LogP contribution in [-0.4, -0.2) is 45.3 Å². The zero-order chi connectivity index (χ0) is 18.8. The van der Waals surface area contributed by atoms with Gasteiger partial charge < -0.3 is 15.6 Å². The zero-order valence-electron chi connectivity index (χ0n) is 14.1. The summed E-state index contributed by atoms with van der Waals surface area (Å²) in [6.07, 6.45) is 1.55. The molecule has 0 saturated heterocycles. The number of carbonyl (C=O) groups excluding carboxylic acids is 1. The highest BCUT2D eigenvalue weighted by atomic mass is 32.1. The monoisotopic (exact) mass is 380 g/mol. The number of thiophene rings is 1. The van der Waals surface area contributed by atoms with Gasteiger partial charge in [0.15, 0.2) is 11.8 Å². The van der Waals surface area contributed by atoms with Gasteiger partial charge in [-0.3, -0.25) is 4.79 Å². The molecule has 1 amide bonds. The molecule has 6 nitrogen and oxygen atoms in total. The highest BCUT2D eigenvalue weighted by Crippen LogP contribution is 2.26. The minimum Gasteiger partial charge on any atom is -0.623 e. The molecule has 2 rings (SSSR count). The number of carboxylic acids is 1. The van der Waals surface area contributed by atoms with Crippen molar-refractivity contribution in [2.75, 3.05) is 5.75 Å². The van der Waals surface area contributed by atoms with Crippen molar-refractivity contribution in [2.24, 2.45) is 0 Å². The summed E-state index contributed by atoms with van der Waals surface area (Å²) in [5, 5.41) is 27.1. The van der Waals surface area contributed by atoms with Crippen molar-refractivity contribution in [2.45, 2.75) is 32.4 Å². The summed E-state index contributed by atoms with van der Waals surface area (Å²) in [6.45, 7) is 5.49. The topological polar surface area (TPSA) is 92.5 Å². The Labute approximate surface area is 155 Å². The molecule has 1 atom stereocenters. The molecule has 1 aromatic carbocycles. The number of thiol groups is 1. The molecule has 0 fully saturated rings. The highest BCUT2D eigenvalue weighted by molar-refractivity contribution is 7.80. The normalized spacial score (nSPS) is 13.7. The molecular formula is C17H20N2O4S2. The fourth-order valence-corrected chi connectivity index (χ4v) is 3.21. The third kappa shape index (κ3) is 4.52. The van der Waals surface area contributed by atoms with Gasteiger partial charge in [0.25, 0.3) is 5.91 Å². The van der Waals surface area contributed by atoms with Gasteiger partial charge in [0.1, 0.15) is 6.04 Å². The third-order valence-corrected chi connectivity index (χ3v) is 4.89. The minimum atomic E-state index is -1.13. The average Bonchev–Trinajstić information content (AvgIpc) is 2.93. The molecule has 1 unspecified atom stereocenters. The molecule has 134 valence electrons. The van der Waals surface area contributed by atoms with Crippen LogP contribution in [0.1, 0.15) is 36.0 Å². The van der Waals surface area contributed by atoms with Crippen molar-refractivity contribution in [1.29, 1.82) is 0 Å². The number of aliphatic carboxylic acids is 1. The third-order valence-electron chi connectivity index (χ3n) is 3.57. The lowest BCUT2D eigenvalue weighted by Gasteiger charge is -2.18. The Kier molecular flexibility index (Phi) is 5.74. The van der Waals surface area contributed by atoms with Crippen LogP contribution in [0.2, 0.25) is 0 Å². The lowest BCUT2D eigenvalue weighted by Crippen LogP contribution is -2.42. The summed E-state index contributed by atoms with van der Waals surface area (Å²) < 4.78 is 0.906. The summed E-state index contributed by atoms with van der Waals surface area (Å²) in [7, 11) is 0. The summed E-state index contributed by atoms with van der Waals surface area (Å²) in [5.74, 6) is -1.60. The van der Waals surface area contributed by atoms with Crippen molar-refractivity contribution in [3.8, 4) is 0 Å². The fraction of sp³-hybridized carbons (Fsp3) is 0.353. The van der Waals surface area contributed by atoms with E-state index in [0.717, 1.165) is 20.4 Å². The van der Waals surface area contributed by atoms with E-state index in [-0.39, 0.29) is 5.75 Å². The molecule has 0 aliphatic rings. The van der Waals surface area contributed by atoms with E-state index in [9.17, 15) is 14.8 Å². The first kappa shape index (κ1) is 19.3. The van der Waals surface area contributed by atoms with Gasteiger partial charge in [-0.2, -0.15) is 12.6 Å². The van der Waals surface area contributed by atoms with Gasteiger partial charge >= 0.3 is 5.97 Å². The second kappa shape index (κ2) is 7.45. The van der Waals surface area contributed by atoms with Crippen molar-refractivity contribution >= 4 is 52.8 Å². The van der Waals surface area contributed by atoms with Crippen LogP contribution >= 0.6 is 24.0 Å². The number of benzene rings is 1. The SMILES string of the molecule is CC(C)(C)/[N+]([O-])=C/c1scc2cc(C(=O)NC(CS)C(=O)O)ccc12. The van der Waals surface area contributed by atoms with Gasteiger partial charge in [0.2, 0.25) is 0 Å². The molecule has 8 heteroatoms. The molecule has 0 spiro atoms. The van der Waals surface area contributed by atoms with Gasteiger partial charge in [-0.25, -0.2) is 9.53 Å². The second-order valence-electron chi connectivity index (χ2n) is 6.57. The van der Waals surface area contributed by atoms with E-state index in [2.05, 4.69) is 17.9 Å². The molecule has 0 bridgehead atoms. The molecule has 25 heavy (non-hydrogen) atoms. The summed E-state index contributed by atoms with van der Waals surface area (Å²) in [6, 6.07) is 4.02. The van der Waals surface area contributed by atoms with E-state index >= 15 is 0 Å². The van der Waals surface area contributed by atoms with E-state index in [1.165, 1.54) is 11.3 Å².